The van der Waals surface area contributed by atoms with Crippen molar-refractivity contribution in [2.45, 2.75) is 0 Å². The lowest BCUT2D eigenvalue weighted by Gasteiger charge is -2.09. The molecule has 0 amide bonds. The van der Waals surface area contributed by atoms with Crippen LogP contribution in [0.25, 0.3) is 11.6 Å². The molecular formula is C12H6BrNO. The van der Waals surface area contributed by atoms with Crippen LogP contribution in [0.5, 0.6) is 0 Å². The Morgan fingerprint density at radius 1 is 1.20 bits per heavy atom. The van der Waals surface area contributed by atoms with Crippen LogP contribution in [0.3, 0.4) is 0 Å². The van der Waals surface area contributed by atoms with E-state index in [9.17, 15) is 4.79 Å². The Morgan fingerprint density at radius 3 is 2.93 bits per heavy atom. The average Bonchev–Trinajstić information content (AvgIpc) is 2.63. The molecule has 0 fully saturated rings. The number of hydrogen-bond acceptors (Lipinski definition) is 2. The smallest absolute Gasteiger partial charge is 0.200 e. The van der Waals surface area contributed by atoms with Crippen molar-refractivity contribution >= 4 is 33.4 Å². The lowest BCUT2D eigenvalue weighted by atomic mass is 9.97. The van der Waals surface area contributed by atoms with Crippen molar-refractivity contribution < 1.29 is 4.79 Å². The summed E-state index contributed by atoms with van der Waals surface area (Å²) in [7, 11) is 0. The number of aromatic nitrogens is 1. The molecule has 2 aliphatic carbocycles. The van der Waals surface area contributed by atoms with E-state index < -0.39 is 0 Å². The first-order valence-corrected chi connectivity index (χ1v) is 5.36. The van der Waals surface area contributed by atoms with Gasteiger partial charge >= 0.3 is 0 Å². The summed E-state index contributed by atoms with van der Waals surface area (Å²) in [5, 5.41) is 0. The Balaban J connectivity index is 2.26. The fourth-order valence-electron chi connectivity index (χ4n) is 1.85. The molecule has 0 aromatic carbocycles. The molecule has 0 radical (unpaired) electrons. The maximum absolute atomic E-state index is 11.8. The van der Waals surface area contributed by atoms with Crippen molar-refractivity contribution in [3.63, 3.8) is 0 Å². The first kappa shape index (κ1) is 8.80. The van der Waals surface area contributed by atoms with E-state index in [0.29, 0.717) is 4.48 Å². The maximum Gasteiger partial charge on any atom is 0.200 e. The summed E-state index contributed by atoms with van der Waals surface area (Å²) >= 11 is 3.24. The molecule has 3 rings (SSSR count). The minimum Gasteiger partial charge on any atom is -0.288 e. The molecule has 2 nitrogen and oxygen atoms in total. The Hall–Kier alpha value is -1.48. The summed E-state index contributed by atoms with van der Waals surface area (Å²) in [5.41, 5.74) is 3.63. The van der Waals surface area contributed by atoms with Crippen LogP contribution in [-0.4, -0.2) is 10.8 Å². The van der Waals surface area contributed by atoms with E-state index in [0.717, 1.165) is 22.4 Å². The number of Topliss-reactive ketones (excluding diaryl/α,β-unsaturated/α-hetero) is 1. The van der Waals surface area contributed by atoms with Gasteiger partial charge < -0.3 is 0 Å². The minimum absolute atomic E-state index is 0.0329. The number of hydrogen-bond donors (Lipinski definition) is 0. The molecule has 0 N–H and O–H groups in total. The summed E-state index contributed by atoms with van der Waals surface area (Å²) in [6, 6.07) is 3.87. The highest BCUT2D eigenvalue weighted by Gasteiger charge is 2.27. The summed E-state index contributed by atoms with van der Waals surface area (Å²) in [5.74, 6) is 0.0329. The quantitative estimate of drug-likeness (QED) is 0.717. The number of fused-ring (bicyclic) bond motifs is 3. The van der Waals surface area contributed by atoms with Gasteiger partial charge in [-0.1, -0.05) is 12.1 Å². The van der Waals surface area contributed by atoms with Crippen molar-refractivity contribution in [3.8, 4) is 0 Å². The van der Waals surface area contributed by atoms with Gasteiger partial charge in [0.15, 0.2) is 0 Å². The summed E-state index contributed by atoms with van der Waals surface area (Å²) in [6.07, 6.45) is 7.32. The number of carbonyl (C=O) groups is 1. The van der Waals surface area contributed by atoms with Crippen molar-refractivity contribution in [2.24, 2.45) is 0 Å². The fraction of sp³-hybridized carbons (Fsp3) is 0. The minimum atomic E-state index is 0.0329. The van der Waals surface area contributed by atoms with Gasteiger partial charge in [0, 0.05) is 17.3 Å². The van der Waals surface area contributed by atoms with Gasteiger partial charge in [0.2, 0.25) is 5.78 Å². The third-order valence-corrected chi connectivity index (χ3v) is 3.18. The monoisotopic (exact) mass is 259 g/mol. The molecule has 0 aliphatic heterocycles. The van der Waals surface area contributed by atoms with Gasteiger partial charge in [-0.05, 0) is 39.7 Å². The number of nitrogens with zero attached hydrogens (tertiary/aromatic N) is 1. The van der Waals surface area contributed by atoms with Gasteiger partial charge in [-0.3, -0.25) is 9.78 Å². The molecule has 1 aromatic heterocycles. The zero-order valence-corrected chi connectivity index (χ0v) is 9.28. The van der Waals surface area contributed by atoms with Gasteiger partial charge in [-0.15, -0.1) is 0 Å². The van der Waals surface area contributed by atoms with E-state index in [-0.39, 0.29) is 5.78 Å². The molecule has 15 heavy (non-hydrogen) atoms. The largest absolute Gasteiger partial charge is 0.288 e. The predicted molar refractivity (Wildman–Crippen MR) is 62.2 cm³/mol. The normalized spacial score (nSPS) is 17.7. The molecule has 2 aliphatic rings. The SMILES string of the molecule is O=C1C(Br)=CC=C2C1=Cc1ncccc12. The Labute approximate surface area is 95.2 Å². The molecular weight excluding hydrogens is 254 g/mol. The molecule has 0 spiro atoms. The Kier molecular flexibility index (Phi) is 1.76. The predicted octanol–water partition coefficient (Wildman–Crippen LogP) is 2.72. The van der Waals surface area contributed by atoms with E-state index in [4.69, 9.17) is 0 Å². The van der Waals surface area contributed by atoms with Crippen molar-refractivity contribution in [1.82, 2.24) is 4.98 Å². The zero-order valence-electron chi connectivity index (χ0n) is 7.70. The van der Waals surface area contributed by atoms with Crippen LogP contribution in [-0.2, 0) is 4.79 Å². The van der Waals surface area contributed by atoms with Crippen molar-refractivity contribution in [3.05, 3.63) is 51.8 Å². The van der Waals surface area contributed by atoms with Gasteiger partial charge in [-0.25, -0.2) is 0 Å². The number of carbonyl (C=O) groups excluding carboxylic acids is 1. The highest BCUT2D eigenvalue weighted by molar-refractivity contribution is 9.12. The third-order valence-electron chi connectivity index (χ3n) is 2.56. The van der Waals surface area contributed by atoms with E-state index in [2.05, 4.69) is 20.9 Å². The average molecular weight is 260 g/mol. The van der Waals surface area contributed by atoms with Crippen molar-refractivity contribution in [2.75, 3.05) is 0 Å². The van der Waals surface area contributed by atoms with Gasteiger partial charge in [0.25, 0.3) is 0 Å². The fourth-order valence-corrected chi connectivity index (χ4v) is 2.19. The second kappa shape index (κ2) is 3.00. The molecule has 0 bridgehead atoms. The number of rotatable bonds is 0. The molecule has 1 heterocycles. The number of pyridine rings is 1. The van der Waals surface area contributed by atoms with Gasteiger partial charge in [0.1, 0.15) is 0 Å². The standard InChI is InChI=1S/C12H6BrNO/c13-10-4-3-7-8-2-1-5-14-11(8)6-9(7)12(10)15/h1-6H. The van der Waals surface area contributed by atoms with Crippen LogP contribution in [0.2, 0.25) is 0 Å². The maximum atomic E-state index is 11.8. The van der Waals surface area contributed by atoms with E-state index >= 15 is 0 Å². The Bertz CT molecular complexity index is 567. The van der Waals surface area contributed by atoms with Crippen molar-refractivity contribution in [1.29, 1.82) is 0 Å². The third kappa shape index (κ3) is 1.16. The topological polar surface area (TPSA) is 30.0 Å². The first-order valence-electron chi connectivity index (χ1n) is 4.57. The van der Waals surface area contributed by atoms with Gasteiger partial charge in [-0.2, -0.15) is 0 Å². The molecule has 0 unspecified atom stereocenters. The highest BCUT2D eigenvalue weighted by atomic mass is 79.9. The summed E-state index contributed by atoms with van der Waals surface area (Å²) in [4.78, 5) is 16.1. The van der Waals surface area contributed by atoms with Crippen LogP contribution in [0.15, 0.2) is 40.5 Å². The summed E-state index contributed by atoms with van der Waals surface area (Å²) in [6.45, 7) is 0. The molecule has 0 atom stereocenters. The van der Waals surface area contributed by atoms with E-state index in [1.54, 1.807) is 12.3 Å². The second-order valence-electron chi connectivity index (χ2n) is 3.42. The molecule has 72 valence electrons. The van der Waals surface area contributed by atoms with Gasteiger partial charge in [0.05, 0.1) is 10.2 Å². The lowest BCUT2D eigenvalue weighted by molar-refractivity contribution is -0.111. The molecule has 1 aromatic rings. The van der Waals surface area contributed by atoms with Crippen LogP contribution >= 0.6 is 15.9 Å². The zero-order chi connectivity index (χ0) is 10.4. The van der Waals surface area contributed by atoms with Crippen LogP contribution in [0, 0.1) is 0 Å². The number of halogens is 1. The van der Waals surface area contributed by atoms with Crippen LogP contribution in [0.4, 0.5) is 0 Å². The molecule has 0 saturated heterocycles. The Morgan fingerprint density at radius 2 is 2.07 bits per heavy atom. The molecule has 3 heteroatoms. The summed E-state index contributed by atoms with van der Waals surface area (Å²) < 4.78 is 0.602. The van der Waals surface area contributed by atoms with Crippen LogP contribution < -0.4 is 0 Å². The second-order valence-corrected chi connectivity index (χ2v) is 4.27. The highest BCUT2D eigenvalue weighted by Crippen LogP contribution is 2.39. The van der Waals surface area contributed by atoms with E-state index in [1.165, 1.54) is 0 Å². The number of allylic oxidation sites excluding steroid dienone is 5. The lowest BCUT2D eigenvalue weighted by Crippen LogP contribution is -2.04. The number of ketones is 1. The first-order chi connectivity index (χ1) is 7.27. The van der Waals surface area contributed by atoms with E-state index in [1.807, 2.05) is 24.3 Å². The van der Waals surface area contributed by atoms with Crippen LogP contribution in [0.1, 0.15) is 11.3 Å². The molecule has 0 saturated carbocycles.